The molecule has 3 aromatic carbocycles. The Morgan fingerprint density at radius 2 is 1.67 bits per heavy atom. The van der Waals surface area contributed by atoms with E-state index in [-0.39, 0.29) is 0 Å². The van der Waals surface area contributed by atoms with Crippen molar-refractivity contribution in [2.75, 3.05) is 19.0 Å². The Kier molecular flexibility index (Phi) is 3.54. The first kappa shape index (κ1) is 14.5. The molecule has 0 aliphatic rings. The van der Waals surface area contributed by atoms with Gasteiger partial charge in [-0.3, -0.25) is 0 Å². The van der Waals surface area contributed by atoms with E-state index >= 15 is 0 Å². The summed E-state index contributed by atoms with van der Waals surface area (Å²) < 4.78 is 5.85. The van der Waals surface area contributed by atoms with Crippen LogP contribution in [0.25, 0.3) is 34.0 Å². The van der Waals surface area contributed by atoms with Gasteiger partial charge in [0, 0.05) is 31.2 Å². The van der Waals surface area contributed by atoms with Gasteiger partial charge in [0.25, 0.3) is 0 Å². The van der Waals surface area contributed by atoms with Crippen LogP contribution in [0.1, 0.15) is 11.5 Å². The second-order valence-corrected chi connectivity index (χ2v) is 6.00. The van der Waals surface area contributed by atoms with Gasteiger partial charge in [-0.2, -0.15) is 0 Å². The molecule has 4 rings (SSSR count). The van der Waals surface area contributed by atoms with Crippen molar-refractivity contribution in [3.63, 3.8) is 0 Å². The molecule has 0 atom stereocenters. The fourth-order valence-corrected chi connectivity index (χ4v) is 2.80. The van der Waals surface area contributed by atoms with Gasteiger partial charge in [-0.1, -0.05) is 42.5 Å². The van der Waals surface area contributed by atoms with E-state index in [2.05, 4.69) is 52.3 Å². The van der Waals surface area contributed by atoms with Crippen LogP contribution in [0, 0.1) is 0 Å². The minimum Gasteiger partial charge on any atom is -0.437 e. The molecule has 0 aliphatic heterocycles. The molecule has 0 fully saturated rings. The number of anilines is 1. The normalized spacial score (nSPS) is 11.6. The maximum Gasteiger partial charge on any atom is 0.220 e. The predicted molar refractivity (Wildman–Crippen MR) is 101 cm³/mol. The lowest BCUT2D eigenvalue weighted by Crippen LogP contribution is -2.07. The summed E-state index contributed by atoms with van der Waals surface area (Å²) in [5.74, 6) is 0.623. The summed E-state index contributed by atoms with van der Waals surface area (Å²) in [7, 11) is 4.07. The monoisotopic (exact) mass is 314 g/mol. The van der Waals surface area contributed by atoms with Gasteiger partial charge in [-0.15, -0.1) is 0 Å². The fourth-order valence-electron chi connectivity index (χ4n) is 2.80. The molecule has 0 radical (unpaired) electrons. The van der Waals surface area contributed by atoms with Crippen LogP contribution in [0.2, 0.25) is 0 Å². The number of aromatic nitrogens is 1. The van der Waals surface area contributed by atoms with Crippen LogP contribution < -0.4 is 4.90 Å². The maximum atomic E-state index is 5.85. The van der Waals surface area contributed by atoms with E-state index in [1.807, 2.05) is 44.4 Å². The zero-order valence-corrected chi connectivity index (χ0v) is 13.7. The summed E-state index contributed by atoms with van der Waals surface area (Å²) in [6, 6.07) is 20.6. The van der Waals surface area contributed by atoms with E-state index in [9.17, 15) is 0 Å². The first-order valence-corrected chi connectivity index (χ1v) is 7.94. The van der Waals surface area contributed by atoms with Crippen molar-refractivity contribution < 1.29 is 4.42 Å². The molecule has 24 heavy (non-hydrogen) atoms. The van der Waals surface area contributed by atoms with Gasteiger partial charge in [0.15, 0.2) is 5.58 Å². The molecule has 1 heterocycles. The first-order valence-electron chi connectivity index (χ1n) is 7.94. The van der Waals surface area contributed by atoms with Crippen molar-refractivity contribution in [3.05, 3.63) is 72.1 Å². The largest absolute Gasteiger partial charge is 0.437 e. The number of rotatable bonds is 3. The van der Waals surface area contributed by atoms with E-state index in [1.165, 1.54) is 11.1 Å². The zero-order valence-electron chi connectivity index (χ0n) is 13.7. The van der Waals surface area contributed by atoms with Gasteiger partial charge in [0.05, 0.1) is 0 Å². The molecule has 0 saturated carbocycles. The molecule has 0 aliphatic carbocycles. The van der Waals surface area contributed by atoms with E-state index in [0.717, 1.165) is 22.0 Å². The van der Waals surface area contributed by atoms with Gasteiger partial charge in [0.1, 0.15) is 5.52 Å². The van der Waals surface area contributed by atoms with Crippen molar-refractivity contribution in [3.8, 4) is 0 Å². The fraction of sp³-hybridized carbons (Fsp3) is 0.0952. The SMILES string of the molecule is CN(C)c1ccc(C=Cc2nc3c(ccc4ccccc43)o2)cc1. The van der Waals surface area contributed by atoms with Crippen molar-refractivity contribution in [1.29, 1.82) is 0 Å². The lowest BCUT2D eigenvalue weighted by Gasteiger charge is -2.11. The highest BCUT2D eigenvalue weighted by Crippen LogP contribution is 2.26. The van der Waals surface area contributed by atoms with Crippen LogP contribution in [0.3, 0.4) is 0 Å². The first-order chi connectivity index (χ1) is 11.7. The summed E-state index contributed by atoms with van der Waals surface area (Å²) in [6.07, 6.45) is 3.94. The Morgan fingerprint density at radius 3 is 2.46 bits per heavy atom. The second kappa shape index (κ2) is 5.85. The third-order valence-electron chi connectivity index (χ3n) is 4.13. The number of fused-ring (bicyclic) bond motifs is 3. The second-order valence-electron chi connectivity index (χ2n) is 6.00. The van der Waals surface area contributed by atoms with Gasteiger partial charge in [0.2, 0.25) is 5.89 Å². The summed E-state index contributed by atoms with van der Waals surface area (Å²) in [6.45, 7) is 0. The molecule has 0 saturated heterocycles. The van der Waals surface area contributed by atoms with Gasteiger partial charge < -0.3 is 9.32 Å². The average molecular weight is 314 g/mol. The molecule has 0 spiro atoms. The highest BCUT2D eigenvalue weighted by atomic mass is 16.3. The summed E-state index contributed by atoms with van der Waals surface area (Å²) in [5.41, 5.74) is 4.03. The average Bonchev–Trinajstić information content (AvgIpc) is 3.04. The van der Waals surface area contributed by atoms with Crippen LogP contribution in [-0.2, 0) is 0 Å². The van der Waals surface area contributed by atoms with E-state index in [1.54, 1.807) is 0 Å². The molecule has 0 amide bonds. The van der Waals surface area contributed by atoms with E-state index in [0.29, 0.717) is 5.89 Å². The Balaban J connectivity index is 1.68. The molecule has 0 bridgehead atoms. The van der Waals surface area contributed by atoms with Crippen molar-refractivity contribution >= 4 is 39.7 Å². The molecule has 4 aromatic rings. The quantitative estimate of drug-likeness (QED) is 0.519. The highest BCUT2D eigenvalue weighted by molar-refractivity contribution is 6.03. The van der Waals surface area contributed by atoms with Crippen molar-refractivity contribution in [2.24, 2.45) is 0 Å². The van der Waals surface area contributed by atoms with Crippen LogP contribution in [-0.4, -0.2) is 19.1 Å². The molecule has 3 nitrogen and oxygen atoms in total. The third-order valence-corrected chi connectivity index (χ3v) is 4.13. The van der Waals surface area contributed by atoms with Crippen LogP contribution in [0.5, 0.6) is 0 Å². The number of oxazole rings is 1. The Labute approximate surface area is 140 Å². The Morgan fingerprint density at radius 1 is 0.875 bits per heavy atom. The standard InChI is InChI=1S/C21H18N2O/c1-23(2)17-11-7-15(8-12-17)9-14-20-22-21-18-6-4-3-5-16(18)10-13-19(21)24-20/h3-14H,1-2H3. The number of nitrogens with zero attached hydrogens (tertiary/aromatic N) is 2. The van der Waals surface area contributed by atoms with Gasteiger partial charge >= 0.3 is 0 Å². The van der Waals surface area contributed by atoms with Crippen LogP contribution >= 0.6 is 0 Å². The summed E-state index contributed by atoms with van der Waals surface area (Å²) >= 11 is 0. The Hall–Kier alpha value is -3.07. The summed E-state index contributed by atoms with van der Waals surface area (Å²) in [5, 5.41) is 2.29. The van der Waals surface area contributed by atoms with Crippen LogP contribution in [0.4, 0.5) is 5.69 Å². The molecular weight excluding hydrogens is 296 g/mol. The topological polar surface area (TPSA) is 29.3 Å². The number of benzene rings is 3. The summed E-state index contributed by atoms with van der Waals surface area (Å²) in [4.78, 5) is 6.72. The van der Waals surface area contributed by atoms with Gasteiger partial charge in [-0.25, -0.2) is 4.98 Å². The number of hydrogen-bond acceptors (Lipinski definition) is 3. The van der Waals surface area contributed by atoms with Crippen molar-refractivity contribution in [1.82, 2.24) is 4.98 Å². The predicted octanol–water partition coefficient (Wildman–Crippen LogP) is 5.22. The maximum absolute atomic E-state index is 5.85. The minimum absolute atomic E-state index is 0.623. The van der Waals surface area contributed by atoms with Crippen molar-refractivity contribution in [2.45, 2.75) is 0 Å². The highest BCUT2D eigenvalue weighted by Gasteiger charge is 2.07. The zero-order chi connectivity index (χ0) is 16.5. The van der Waals surface area contributed by atoms with Crippen LogP contribution in [0.15, 0.2) is 65.1 Å². The molecular formula is C21H18N2O. The lowest BCUT2D eigenvalue weighted by molar-refractivity contribution is 0.590. The molecule has 1 aromatic heterocycles. The lowest BCUT2D eigenvalue weighted by atomic mass is 10.1. The third kappa shape index (κ3) is 2.65. The van der Waals surface area contributed by atoms with E-state index in [4.69, 9.17) is 4.42 Å². The molecule has 118 valence electrons. The Bertz CT molecular complexity index is 1030. The molecule has 0 N–H and O–H groups in total. The minimum atomic E-state index is 0.623. The smallest absolute Gasteiger partial charge is 0.220 e. The number of hydrogen-bond donors (Lipinski definition) is 0. The molecule has 0 unspecified atom stereocenters. The van der Waals surface area contributed by atoms with E-state index < -0.39 is 0 Å². The van der Waals surface area contributed by atoms with Gasteiger partial charge in [-0.05, 0) is 35.2 Å². The molecule has 3 heteroatoms.